The first-order valence-corrected chi connectivity index (χ1v) is 14.8. The quantitative estimate of drug-likeness (QED) is 0.0522. The molecule has 2 fully saturated rings. The fourth-order valence-electron chi connectivity index (χ4n) is 4.63. The maximum atomic E-state index is 13.0. The highest BCUT2D eigenvalue weighted by atomic mass is 16.7. The summed E-state index contributed by atoms with van der Waals surface area (Å²) >= 11 is 0. The highest BCUT2D eigenvalue weighted by Gasteiger charge is 2.48. The summed E-state index contributed by atoms with van der Waals surface area (Å²) in [5, 5.41) is 124. The largest absolute Gasteiger partial charge is 0.394 e. The third-order valence-electron chi connectivity index (χ3n) is 7.46. The lowest BCUT2D eigenvalue weighted by molar-refractivity contribution is -0.317. The minimum atomic E-state index is -2.05. The van der Waals surface area contributed by atoms with Crippen LogP contribution in [0.25, 0.3) is 0 Å². The molecule has 0 bridgehead atoms. The number of hydrogen-bond acceptors (Lipinski definition) is 20. The van der Waals surface area contributed by atoms with Crippen LogP contribution in [-0.4, -0.2) is 218 Å². The monoisotopic (exact) mass is 708 g/mol. The number of nitrogens with one attached hydrogen (secondary N) is 2. The molecule has 22 heteroatoms. The Bertz CT molecular complexity index is 922. The van der Waals surface area contributed by atoms with Gasteiger partial charge in [-0.05, 0) is 0 Å². The first kappa shape index (κ1) is 42.4. The molecule has 2 aliphatic rings. The molecule has 0 aromatic heterocycles. The molecule has 282 valence electrons. The van der Waals surface area contributed by atoms with Gasteiger partial charge in [0.25, 0.3) is 0 Å². The lowest BCUT2D eigenvalue weighted by Crippen LogP contribution is -2.65. The van der Waals surface area contributed by atoms with Crippen LogP contribution in [0.4, 0.5) is 0 Å². The molecule has 2 heterocycles. The van der Waals surface area contributed by atoms with Crippen LogP contribution in [0.1, 0.15) is 6.92 Å². The van der Waals surface area contributed by atoms with Gasteiger partial charge >= 0.3 is 0 Å². The predicted molar refractivity (Wildman–Crippen MR) is 151 cm³/mol. The third-order valence-corrected chi connectivity index (χ3v) is 7.46. The van der Waals surface area contributed by atoms with E-state index >= 15 is 0 Å². The summed E-state index contributed by atoms with van der Waals surface area (Å²) in [7, 11) is 0. The Balaban J connectivity index is 2.45. The van der Waals surface area contributed by atoms with Crippen molar-refractivity contribution in [1.29, 1.82) is 0 Å². The second-order valence-corrected chi connectivity index (χ2v) is 11.3. The smallest absolute Gasteiger partial charge is 0.240 e. The zero-order chi connectivity index (χ0) is 36.2. The fraction of sp³-hybridized carbons (Fsp3) is 0.923. The molecule has 2 amide bonds. The van der Waals surface area contributed by atoms with Crippen molar-refractivity contribution in [2.45, 2.75) is 92.4 Å². The summed E-state index contributed by atoms with van der Waals surface area (Å²) in [5.41, 5.74) is -2.05. The molecular weight excluding hydrogens is 660 g/mol. The number of carbonyl (C=O) groups is 2. The molecule has 22 nitrogen and oxygen atoms in total. The standard InChI is InChI=1S/C26H48N2O20/c1-11(34)27-2-16(36)28-26(8-43-17(7-33)46-13(4-30)12(35)3-29,9-44-24-22(41)20(39)18(37)14(5-31)47-24)10-45-25-23(42)21(40)19(38)15(6-32)48-25/h12-15,17-25,29-33,35,37-42H,2-10H2,1H3,(H,27,34)(H,28,36)/t12-,13?,14?,15?,17-,18+,19+,20?,21?,22?,23?,24-,25-,26?/m1/s1. The van der Waals surface area contributed by atoms with Gasteiger partial charge in [-0.25, -0.2) is 0 Å². The summed E-state index contributed by atoms with van der Waals surface area (Å²) in [4.78, 5) is 24.5. The van der Waals surface area contributed by atoms with Crippen molar-refractivity contribution in [3.63, 3.8) is 0 Å². The Morgan fingerprint density at radius 1 is 0.729 bits per heavy atom. The summed E-state index contributed by atoms with van der Waals surface area (Å²) in [5.74, 6) is -1.53. The van der Waals surface area contributed by atoms with Gasteiger partial charge in [-0.1, -0.05) is 0 Å². The Morgan fingerprint density at radius 2 is 1.23 bits per heavy atom. The van der Waals surface area contributed by atoms with E-state index in [9.17, 15) is 70.9 Å². The number of aliphatic hydroxyl groups is 12. The second-order valence-electron chi connectivity index (χ2n) is 11.3. The van der Waals surface area contributed by atoms with E-state index in [2.05, 4.69) is 10.6 Å². The molecule has 13 atom stereocenters. The molecule has 2 aliphatic heterocycles. The first-order chi connectivity index (χ1) is 22.7. The van der Waals surface area contributed by atoms with Crippen molar-refractivity contribution in [3.05, 3.63) is 0 Å². The van der Waals surface area contributed by atoms with Gasteiger partial charge in [-0.3, -0.25) is 9.59 Å². The Hall–Kier alpha value is -1.78. The highest BCUT2D eigenvalue weighted by molar-refractivity contribution is 5.84. The van der Waals surface area contributed by atoms with Gasteiger partial charge in [0, 0.05) is 6.92 Å². The second kappa shape index (κ2) is 20.2. The van der Waals surface area contributed by atoms with Crippen molar-refractivity contribution in [1.82, 2.24) is 10.6 Å². The topological polar surface area (TPSA) is 356 Å². The maximum absolute atomic E-state index is 13.0. The minimum Gasteiger partial charge on any atom is -0.394 e. The van der Waals surface area contributed by atoms with Crippen molar-refractivity contribution in [2.24, 2.45) is 0 Å². The molecule has 2 saturated heterocycles. The van der Waals surface area contributed by atoms with Crippen LogP contribution in [0.3, 0.4) is 0 Å². The molecule has 0 spiro atoms. The van der Waals surface area contributed by atoms with Crippen molar-refractivity contribution < 1.29 is 99.3 Å². The number of aliphatic hydroxyl groups excluding tert-OH is 12. The van der Waals surface area contributed by atoms with E-state index in [0.29, 0.717) is 0 Å². The van der Waals surface area contributed by atoms with E-state index < -0.39 is 157 Å². The average molecular weight is 709 g/mol. The lowest BCUT2D eigenvalue weighted by Gasteiger charge is -2.43. The Kier molecular flexibility index (Phi) is 17.8. The molecule has 48 heavy (non-hydrogen) atoms. The Labute approximate surface area is 273 Å². The van der Waals surface area contributed by atoms with Gasteiger partial charge in [0.15, 0.2) is 18.9 Å². The number of amides is 2. The van der Waals surface area contributed by atoms with Gasteiger partial charge < -0.3 is 100 Å². The summed E-state index contributed by atoms with van der Waals surface area (Å²) in [6.07, 6.45) is -22.2. The van der Waals surface area contributed by atoms with E-state index in [1.807, 2.05) is 0 Å². The van der Waals surface area contributed by atoms with E-state index in [-0.39, 0.29) is 0 Å². The van der Waals surface area contributed by atoms with E-state index in [0.717, 1.165) is 6.92 Å². The maximum Gasteiger partial charge on any atom is 0.240 e. The van der Waals surface area contributed by atoms with Crippen LogP contribution < -0.4 is 10.6 Å². The molecule has 0 aromatic rings. The SMILES string of the molecule is CC(=O)NCC(=O)NC(CO[C@@H](CO)OC(CO)[C@H](O)CO)(CO[C@@H]1OC(CO)[C@H](O)C(O)C1O)CO[C@@H]1OC(CO)[C@H](O)C(O)C1O. The van der Waals surface area contributed by atoms with Crippen molar-refractivity contribution in [3.8, 4) is 0 Å². The van der Waals surface area contributed by atoms with Crippen molar-refractivity contribution >= 4 is 11.8 Å². The lowest BCUT2D eigenvalue weighted by atomic mass is 9.98. The van der Waals surface area contributed by atoms with Crippen LogP contribution in [0.2, 0.25) is 0 Å². The molecule has 7 unspecified atom stereocenters. The zero-order valence-corrected chi connectivity index (χ0v) is 26.0. The average Bonchev–Trinajstić information content (AvgIpc) is 3.07. The number of carbonyl (C=O) groups excluding carboxylic acids is 2. The molecular formula is C26H48N2O20. The zero-order valence-electron chi connectivity index (χ0n) is 26.0. The minimum absolute atomic E-state index is 0.603. The molecule has 0 aromatic carbocycles. The van der Waals surface area contributed by atoms with E-state index in [1.54, 1.807) is 0 Å². The number of ether oxygens (including phenoxy) is 6. The van der Waals surface area contributed by atoms with E-state index in [1.165, 1.54) is 0 Å². The molecule has 0 aliphatic carbocycles. The van der Waals surface area contributed by atoms with Crippen molar-refractivity contribution in [2.75, 3.05) is 59.4 Å². The van der Waals surface area contributed by atoms with Crippen LogP contribution in [0.15, 0.2) is 0 Å². The first-order valence-electron chi connectivity index (χ1n) is 14.8. The number of rotatable bonds is 20. The molecule has 2 rings (SSSR count). The van der Waals surface area contributed by atoms with Gasteiger partial charge in [-0.15, -0.1) is 0 Å². The van der Waals surface area contributed by atoms with E-state index in [4.69, 9.17) is 28.4 Å². The Morgan fingerprint density at radius 3 is 1.62 bits per heavy atom. The van der Waals surface area contributed by atoms with Crippen LogP contribution in [0.5, 0.6) is 0 Å². The van der Waals surface area contributed by atoms with Crippen LogP contribution in [-0.2, 0) is 38.0 Å². The van der Waals surface area contributed by atoms with Crippen LogP contribution in [0, 0.1) is 0 Å². The number of hydrogen-bond donors (Lipinski definition) is 14. The normalized spacial score (nSPS) is 34.1. The fourth-order valence-corrected chi connectivity index (χ4v) is 4.63. The van der Waals surface area contributed by atoms with Gasteiger partial charge in [0.05, 0.1) is 59.4 Å². The third kappa shape index (κ3) is 11.6. The summed E-state index contributed by atoms with van der Waals surface area (Å²) < 4.78 is 32.9. The summed E-state index contributed by atoms with van der Waals surface area (Å²) in [6.45, 7) is -6.17. The van der Waals surface area contributed by atoms with Gasteiger partial charge in [0.1, 0.15) is 66.6 Å². The van der Waals surface area contributed by atoms with Gasteiger partial charge in [0.2, 0.25) is 11.8 Å². The molecule has 0 saturated carbocycles. The highest BCUT2D eigenvalue weighted by Crippen LogP contribution is 2.26. The predicted octanol–water partition coefficient (Wildman–Crippen LogP) is -9.32. The van der Waals surface area contributed by atoms with Crippen LogP contribution >= 0.6 is 0 Å². The molecule has 0 radical (unpaired) electrons. The summed E-state index contributed by atoms with van der Waals surface area (Å²) in [6, 6.07) is 0. The van der Waals surface area contributed by atoms with Gasteiger partial charge in [-0.2, -0.15) is 0 Å². The molecule has 14 N–H and O–H groups in total.